The van der Waals surface area contributed by atoms with E-state index in [1.165, 1.54) is 0 Å². The van der Waals surface area contributed by atoms with Gasteiger partial charge in [0.2, 0.25) is 5.91 Å². The van der Waals surface area contributed by atoms with Crippen molar-refractivity contribution in [2.24, 2.45) is 5.92 Å². The summed E-state index contributed by atoms with van der Waals surface area (Å²) < 4.78 is 35.7. The normalized spacial score (nSPS) is 20.5. The molecule has 0 aromatic heterocycles. The van der Waals surface area contributed by atoms with Crippen LogP contribution in [0.1, 0.15) is 19.3 Å². The van der Waals surface area contributed by atoms with Crippen LogP contribution >= 0.6 is 0 Å². The van der Waals surface area contributed by atoms with Crippen molar-refractivity contribution in [3.63, 3.8) is 0 Å². The summed E-state index contributed by atoms with van der Waals surface area (Å²) in [5.74, 6) is -1.32. The van der Waals surface area contributed by atoms with Crippen molar-refractivity contribution < 1.29 is 27.9 Å². The number of amides is 1. The number of carbonyl (C=O) groups is 2. The van der Waals surface area contributed by atoms with Gasteiger partial charge < -0.3 is 10.4 Å². The molecule has 0 aromatic carbocycles. The highest BCUT2D eigenvalue weighted by atomic mass is 19.4. The first-order valence-corrected chi connectivity index (χ1v) is 6.04. The van der Waals surface area contributed by atoms with Crippen molar-refractivity contribution in [3.05, 3.63) is 0 Å². The van der Waals surface area contributed by atoms with Gasteiger partial charge in [-0.1, -0.05) is 0 Å². The summed E-state index contributed by atoms with van der Waals surface area (Å²) in [6, 6.07) is 0. The van der Waals surface area contributed by atoms with E-state index in [0.29, 0.717) is 19.5 Å². The summed E-state index contributed by atoms with van der Waals surface area (Å²) in [6.07, 6.45) is -3.00. The second-order valence-corrected chi connectivity index (χ2v) is 4.71. The zero-order valence-corrected chi connectivity index (χ0v) is 10.4. The molecule has 0 spiro atoms. The Bertz CT molecular complexity index is 334. The standard InChI is InChI=1S/C11H17F3N2O3/c12-11(13,14)7-15-9(17)6-16-4-3-8(5-16)1-2-10(18)19/h8H,1-7H2,(H,15,17)(H,18,19). The molecule has 19 heavy (non-hydrogen) atoms. The summed E-state index contributed by atoms with van der Waals surface area (Å²) in [4.78, 5) is 23.4. The van der Waals surface area contributed by atoms with Crippen molar-refractivity contribution in [1.29, 1.82) is 0 Å². The average Bonchev–Trinajstić information content (AvgIpc) is 2.70. The van der Waals surface area contributed by atoms with E-state index in [2.05, 4.69) is 0 Å². The number of carbonyl (C=O) groups excluding carboxylic acids is 1. The fourth-order valence-corrected chi connectivity index (χ4v) is 2.08. The molecule has 1 unspecified atom stereocenters. The third-order valence-corrected chi connectivity index (χ3v) is 2.99. The van der Waals surface area contributed by atoms with E-state index in [-0.39, 0.29) is 18.9 Å². The Morgan fingerprint density at radius 1 is 1.37 bits per heavy atom. The molecule has 1 amide bonds. The quantitative estimate of drug-likeness (QED) is 0.758. The Labute approximate surface area is 108 Å². The molecule has 1 atom stereocenters. The van der Waals surface area contributed by atoms with Crippen molar-refractivity contribution in [3.8, 4) is 0 Å². The third-order valence-electron chi connectivity index (χ3n) is 2.99. The van der Waals surface area contributed by atoms with Gasteiger partial charge in [-0.25, -0.2) is 0 Å². The first-order chi connectivity index (χ1) is 8.76. The van der Waals surface area contributed by atoms with Crippen molar-refractivity contribution in [2.45, 2.75) is 25.4 Å². The number of hydrogen-bond acceptors (Lipinski definition) is 3. The number of alkyl halides is 3. The molecule has 1 heterocycles. The molecule has 0 radical (unpaired) electrons. The van der Waals surface area contributed by atoms with Gasteiger partial charge in [-0.05, 0) is 25.3 Å². The molecule has 1 aliphatic rings. The van der Waals surface area contributed by atoms with E-state index < -0.39 is 24.6 Å². The van der Waals surface area contributed by atoms with Gasteiger partial charge in [-0.3, -0.25) is 14.5 Å². The lowest BCUT2D eigenvalue weighted by molar-refractivity contribution is -0.138. The maximum atomic E-state index is 11.9. The van der Waals surface area contributed by atoms with Gasteiger partial charge in [-0.15, -0.1) is 0 Å². The molecule has 0 aromatic rings. The van der Waals surface area contributed by atoms with Crippen LogP contribution in [-0.2, 0) is 9.59 Å². The van der Waals surface area contributed by atoms with Gasteiger partial charge >= 0.3 is 12.1 Å². The molecule has 0 saturated carbocycles. The number of hydrogen-bond donors (Lipinski definition) is 2. The van der Waals surface area contributed by atoms with Crippen molar-refractivity contribution in [1.82, 2.24) is 10.2 Å². The summed E-state index contributed by atoms with van der Waals surface area (Å²) in [5, 5.41) is 10.4. The average molecular weight is 282 g/mol. The first kappa shape index (κ1) is 15.7. The molecule has 1 aliphatic heterocycles. The summed E-state index contributed by atoms with van der Waals surface area (Å²) >= 11 is 0. The Balaban J connectivity index is 2.20. The minimum Gasteiger partial charge on any atom is -0.481 e. The van der Waals surface area contributed by atoms with E-state index in [0.717, 1.165) is 6.42 Å². The van der Waals surface area contributed by atoms with Crippen LogP contribution in [-0.4, -0.2) is 54.2 Å². The summed E-state index contributed by atoms with van der Waals surface area (Å²) in [6.45, 7) is -0.210. The van der Waals surface area contributed by atoms with Crippen molar-refractivity contribution >= 4 is 11.9 Å². The zero-order chi connectivity index (χ0) is 14.5. The number of carboxylic acids is 1. The molecule has 5 nitrogen and oxygen atoms in total. The maximum Gasteiger partial charge on any atom is 0.405 e. The van der Waals surface area contributed by atoms with Crippen LogP contribution in [0.4, 0.5) is 13.2 Å². The SMILES string of the molecule is O=C(O)CCC1CCN(CC(=O)NCC(F)(F)F)C1. The minimum atomic E-state index is -4.40. The third kappa shape index (κ3) is 7.00. The number of carboxylic acid groups (broad SMARTS) is 1. The Hall–Kier alpha value is -1.31. The second kappa shape index (κ2) is 6.74. The van der Waals surface area contributed by atoms with E-state index in [9.17, 15) is 22.8 Å². The molecule has 8 heteroatoms. The molecular formula is C11H17F3N2O3. The van der Waals surface area contributed by atoms with Crippen molar-refractivity contribution in [2.75, 3.05) is 26.2 Å². The second-order valence-electron chi connectivity index (χ2n) is 4.71. The predicted molar refractivity (Wildman–Crippen MR) is 60.5 cm³/mol. The van der Waals surface area contributed by atoms with Crippen LogP contribution in [0.25, 0.3) is 0 Å². The largest absolute Gasteiger partial charge is 0.481 e. The van der Waals surface area contributed by atoms with Gasteiger partial charge in [-0.2, -0.15) is 13.2 Å². The lowest BCUT2D eigenvalue weighted by atomic mass is 10.0. The van der Waals surface area contributed by atoms with Gasteiger partial charge in [0.25, 0.3) is 0 Å². The molecule has 1 saturated heterocycles. The predicted octanol–water partition coefficient (Wildman–Crippen LogP) is 0.852. The Morgan fingerprint density at radius 2 is 2.05 bits per heavy atom. The van der Waals surface area contributed by atoms with Crippen LogP contribution in [0.2, 0.25) is 0 Å². The fourth-order valence-electron chi connectivity index (χ4n) is 2.08. The molecular weight excluding hydrogens is 265 g/mol. The van der Waals surface area contributed by atoms with Gasteiger partial charge in [0.15, 0.2) is 0 Å². The number of halogens is 3. The minimum absolute atomic E-state index is 0.0698. The van der Waals surface area contributed by atoms with Crippen LogP contribution in [0, 0.1) is 5.92 Å². The molecule has 110 valence electrons. The zero-order valence-electron chi connectivity index (χ0n) is 10.4. The molecule has 0 bridgehead atoms. The van der Waals surface area contributed by atoms with E-state index in [1.807, 2.05) is 5.32 Å². The summed E-state index contributed by atoms with van der Waals surface area (Å²) in [7, 11) is 0. The highest BCUT2D eigenvalue weighted by molar-refractivity contribution is 5.78. The smallest absolute Gasteiger partial charge is 0.405 e. The topological polar surface area (TPSA) is 69.6 Å². The van der Waals surface area contributed by atoms with E-state index >= 15 is 0 Å². The molecule has 2 N–H and O–H groups in total. The lowest BCUT2D eigenvalue weighted by Gasteiger charge is -2.16. The number of aliphatic carboxylic acids is 1. The van der Waals surface area contributed by atoms with Crippen LogP contribution in [0.15, 0.2) is 0 Å². The highest BCUT2D eigenvalue weighted by Crippen LogP contribution is 2.20. The van der Waals surface area contributed by atoms with Gasteiger partial charge in [0.1, 0.15) is 6.54 Å². The van der Waals surface area contributed by atoms with Crippen LogP contribution < -0.4 is 5.32 Å². The molecule has 1 fully saturated rings. The number of likely N-dealkylation sites (tertiary alicyclic amines) is 1. The Kier molecular flexibility index (Phi) is 5.59. The highest BCUT2D eigenvalue weighted by Gasteiger charge is 2.29. The van der Waals surface area contributed by atoms with Gasteiger partial charge in [0.05, 0.1) is 6.54 Å². The fraction of sp³-hybridized carbons (Fsp3) is 0.818. The monoisotopic (exact) mass is 282 g/mol. The summed E-state index contributed by atoms with van der Waals surface area (Å²) in [5.41, 5.74) is 0. The van der Waals surface area contributed by atoms with Crippen LogP contribution in [0.3, 0.4) is 0 Å². The van der Waals surface area contributed by atoms with E-state index in [4.69, 9.17) is 5.11 Å². The number of nitrogens with one attached hydrogen (secondary N) is 1. The van der Waals surface area contributed by atoms with E-state index in [1.54, 1.807) is 4.90 Å². The van der Waals surface area contributed by atoms with Gasteiger partial charge in [0, 0.05) is 13.0 Å². The molecule has 1 rings (SSSR count). The van der Waals surface area contributed by atoms with Crippen LogP contribution in [0.5, 0.6) is 0 Å². The number of nitrogens with zero attached hydrogens (tertiary/aromatic N) is 1. The lowest BCUT2D eigenvalue weighted by Crippen LogP contribution is -2.40. The maximum absolute atomic E-state index is 11.9. The molecule has 0 aliphatic carbocycles. The Morgan fingerprint density at radius 3 is 2.63 bits per heavy atom. The first-order valence-electron chi connectivity index (χ1n) is 6.04. The number of rotatable bonds is 6.